The lowest BCUT2D eigenvalue weighted by atomic mass is 9.73. The minimum atomic E-state index is -0.822. The van der Waals surface area contributed by atoms with E-state index in [0.29, 0.717) is 26.0 Å². The van der Waals surface area contributed by atoms with Crippen molar-refractivity contribution in [3.63, 3.8) is 0 Å². The summed E-state index contributed by atoms with van der Waals surface area (Å²) < 4.78 is 5.64. The molecule has 1 saturated carbocycles. The maximum atomic E-state index is 12.8. The second kappa shape index (κ2) is 8.63. The lowest BCUT2D eigenvalue weighted by Crippen LogP contribution is -2.54. The highest BCUT2D eigenvalue weighted by molar-refractivity contribution is 6.09. The maximum Gasteiger partial charge on any atom is 0.325 e. The molecule has 0 radical (unpaired) electrons. The van der Waals surface area contributed by atoms with Crippen molar-refractivity contribution in [2.75, 3.05) is 19.7 Å². The average molecular weight is 387 g/mol. The summed E-state index contributed by atoms with van der Waals surface area (Å²) in [7, 11) is 0. The third kappa shape index (κ3) is 4.29. The summed E-state index contributed by atoms with van der Waals surface area (Å²) in [6.45, 7) is 4.66. The summed E-state index contributed by atoms with van der Waals surface area (Å²) in [5.41, 5.74) is 0.307. The summed E-state index contributed by atoms with van der Waals surface area (Å²) in [6.07, 6.45) is 4.18. The Morgan fingerprint density at radius 2 is 2.18 bits per heavy atom. The predicted molar refractivity (Wildman–Crippen MR) is 105 cm³/mol. The number of carbonyl (C=O) groups is 3. The van der Waals surface area contributed by atoms with Gasteiger partial charge in [-0.1, -0.05) is 31.9 Å². The molecule has 2 N–H and O–H groups in total. The van der Waals surface area contributed by atoms with Crippen LogP contribution in [0.1, 0.15) is 44.6 Å². The highest BCUT2D eigenvalue weighted by Gasteiger charge is 2.55. The van der Waals surface area contributed by atoms with Gasteiger partial charge in [0.15, 0.2) is 0 Å². The fourth-order valence-electron chi connectivity index (χ4n) is 4.03. The van der Waals surface area contributed by atoms with Crippen LogP contribution < -0.4 is 15.4 Å². The molecule has 0 aromatic heterocycles. The van der Waals surface area contributed by atoms with E-state index >= 15 is 0 Å². The monoisotopic (exact) mass is 387 g/mol. The molecule has 1 heterocycles. The number of aryl methyl sites for hydroxylation is 1. The van der Waals surface area contributed by atoms with E-state index < -0.39 is 11.6 Å². The van der Waals surface area contributed by atoms with E-state index in [9.17, 15) is 14.4 Å². The molecule has 1 aromatic carbocycles. The molecular formula is C21H29N3O4. The molecule has 152 valence electrons. The number of rotatable bonds is 7. The molecule has 1 saturated heterocycles. The number of benzene rings is 1. The first-order chi connectivity index (χ1) is 13.4. The van der Waals surface area contributed by atoms with Crippen molar-refractivity contribution >= 4 is 17.8 Å². The van der Waals surface area contributed by atoms with Crippen LogP contribution >= 0.6 is 0 Å². The van der Waals surface area contributed by atoms with Crippen molar-refractivity contribution in [1.82, 2.24) is 15.5 Å². The zero-order valence-electron chi connectivity index (χ0n) is 16.6. The summed E-state index contributed by atoms with van der Waals surface area (Å²) in [4.78, 5) is 38.4. The van der Waals surface area contributed by atoms with Crippen LogP contribution in [0.15, 0.2) is 24.3 Å². The Balaban J connectivity index is 1.42. The number of carbonyl (C=O) groups excluding carboxylic acids is 3. The van der Waals surface area contributed by atoms with Crippen molar-refractivity contribution in [2.24, 2.45) is 5.92 Å². The number of hydrogen-bond donors (Lipinski definition) is 2. The van der Waals surface area contributed by atoms with Crippen LogP contribution in [0.4, 0.5) is 4.79 Å². The lowest BCUT2D eigenvalue weighted by Gasteiger charge is -2.36. The smallest absolute Gasteiger partial charge is 0.325 e. The minimum absolute atomic E-state index is 0.0875. The van der Waals surface area contributed by atoms with Gasteiger partial charge in [0.1, 0.15) is 17.8 Å². The molecule has 7 heteroatoms. The Kier molecular flexibility index (Phi) is 6.21. The van der Waals surface area contributed by atoms with E-state index in [1.807, 2.05) is 38.1 Å². The van der Waals surface area contributed by atoms with Crippen LogP contribution in [0, 0.1) is 12.8 Å². The van der Waals surface area contributed by atoms with Gasteiger partial charge in [-0.05, 0) is 49.8 Å². The number of hydrogen-bond acceptors (Lipinski definition) is 4. The van der Waals surface area contributed by atoms with E-state index in [-0.39, 0.29) is 24.3 Å². The fourth-order valence-corrected chi connectivity index (χ4v) is 4.03. The molecule has 28 heavy (non-hydrogen) atoms. The van der Waals surface area contributed by atoms with Crippen LogP contribution in [-0.4, -0.2) is 48.0 Å². The number of amides is 4. The maximum absolute atomic E-state index is 12.8. The zero-order chi connectivity index (χ0) is 20.1. The van der Waals surface area contributed by atoms with Crippen molar-refractivity contribution in [3.8, 4) is 5.75 Å². The number of nitrogens with zero attached hydrogens (tertiary/aromatic N) is 1. The molecule has 1 aromatic rings. The SMILES string of the molecule is Cc1cccc(OCCCNC(=O)CN2C(=O)NC3(CCCCC3C)C2=O)c1. The molecule has 7 nitrogen and oxygen atoms in total. The van der Waals surface area contributed by atoms with Gasteiger partial charge < -0.3 is 15.4 Å². The summed E-state index contributed by atoms with van der Waals surface area (Å²) in [6, 6.07) is 7.33. The molecule has 2 atom stereocenters. The van der Waals surface area contributed by atoms with Gasteiger partial charge in [0.2, 0.25) is 5.91 Å². The quantitative estimate of drug-likeness (QED) is 0.555. The largest absolute Gasteiger partial charge is 0.494 e. The molecule has 2 aliphatic rings. The Morgan fingerprint density at radius 1 is 1.36 bits per heavy atom. The summed E-state index contributed by atoms with van der Waals surface area (Å²) in [5.74, 6) is 0.296. The lowest BCUT2D eigenvalue weighted by molar-refractivity contribution is -0.137. The molecule has 1 spiro atoms. The standard InChI is InChI=1S/C21H29N3O4/c1-15-7-5-9-17(13-15)28-12-6-11-22-18(25)14-24-19(26)21(23-20(24)27)10-4-3-8-16(21)2/h5,7,9,13,16H,3-4,6,8,10-12,14H2,1-2H3,(H,22,25)(H,23,27). The molecule has 1 aliphatic heterocycles. The number of nitrogens with one attached hydrogen (secondary N) is 2. The van der Waals surface area contributed by atoms with E-state index in [4.69, 9.17) is 4.74 Å². The average Bonchev–Trinajstić information content (AvgIpc) is 2.89. The molecule has 1 aliphatic carbocycles. The van der Waals surface area contributed by atoms with Crippen LogP contribution in [0.25, 0.3) is 0 Å². The van der Waals surface area contributed by atoms with Gasteiger partial charge in [-0.2, -0.15) is 0 Å². The van der Waals surface area contributed by atoms with E-state index in [1.165, 1.54) is 0 Å². The van der Waals surface area contributed by atoms with Crippen molar-refractivity contribution in [3.05, 3.63) is 29.8 Å². The first-order valence-corrected chi connectivity index (χ1v) is 10.0. The van der Waals surface area contributed by atoms with Crippen LogP contribution in [0.3, 0.4) is 0 Å². The van der Waals surface area contributed by atoms with Crippen LogP contribution in [0.5, 0.6) is 5.75 Å². The molecule has 3 rings (SSSR count). The number of ether oxygens (including phenoxy) is 1. The van der Waals surface area contributed by atoms with Gasteiger partial charge in [0.05, 0.1) is 6.61 Å². The van der Waals surface area contributed by atoms with Crippen molar-refractivity contribution in [2.45, 2.75) is 51.5 Å². The minimum Gasteiger partial charge on any atom is -0.494 e. The third-order valence-electron chi connectivity index (χ3n) is 5.70. The second-order valence-corrected chi connectivity index (χ2v) is 7.81. The van der Waals surface area contributed by atoms with Crippen molar-refractivity contribution < 1.29 is 19.1 Å². The summed E-state index contributed by atoms with van der Waals surface area (Å²) >= 11 is 0. The van der Waals surface area contributed by atoms with Gasteiger partial charge in [-0.25, -0.2) is 4.79 Å². The topological polar surface area (TPSA) is 87.7 Å². The normalized spacial score (nSPS) is 24.4. The van der Waals surface area contributed by atoms with Gasteiger partial charge in [-0.15, -0.1) is 0 Å². The first-order valence-electron chi connectivity index (χ1n) is 10.0. The second-order valence-electron chi connectivity index (χ2n) is 7.81. The van der Waals surface area contributed by atoms with E-state index in [1.54, 1.807) is 0 Å². The Morgan fingerprint density at radius 3 is 2.93 bits per heavy atom. The highest BCUT2D eigenvalue weighted by atomic mass is 16.5. The van der Waals surface area contributed by atoms with Crippen LogP contribution in [0.2, 0.25) is 0 Å². The van der Waals surface area contributed by atoms with Gasteiger partial charge in [0.25, 0.3) is 5.91 Å². The van der Waals surface area contributed by atoms with Crippen LogP contribution in [-0.2, 0) is 9.59 Å². The van der Waals surface area contributed by atoms with Gasteiger partial charge in [-0.3, -0.25) is 14.5 Å². The molecule has 0 bridgehead atoms. The Labute approximate surface area is 165 Å². The first kappa shape index (κ1) is 20.2. The molecular weight excluding hydrogens is 358 g/mol. The van der Waals surface area contributed by atoms with E-state index in [0.717, 1.165) is 35.5 Å². The fraction of sp³-hybridized carbons (Fsp3) is 0.571. The predicted octanol–water partition coefficient (Wildman–Crippen LogP) is 2.38. The van der Waals surface area contributed by atoms with Gasteiger partial charge >= 0.3 is 6.03 Å². The molecule has 4 amide bonds. The van der Waals surface area contributed by atoms with Crippen molar-refractivity contribution in [1.29, 1.82) is 0 Å². The summed E-state index contributed by atoms with van der Waals surface area (Å²) in [5, 5.41) is 5.62. The van der Waals surface area contributed by atoms with Gasteiger partial charge in [0, 0.05) is 6.54 Å². The number of urea groups is 1. The Hall–Kier alpha value is -2.57. The third-order valence-corrected chi connectivity index (χ3v) is 5.70. The highest BCUT2D eigenvalue weighted by Crippen LogP contribution is 2.38. The molecule has 2 unspecified atom stereocenters. The number of imide groups is 1. The Bertz CT molecular complexity index is 751. The zero-order valence-corrected chi connectivity index (χ0v) is 16.6. The van der Waals surface area contributed by atoms with E-state index in [2.05, 4.69) is 10.6 Å². The molecule has 2 fully saturated rings.